The number of alkyl carbamates (subject to hydrolysis) is 3. The molecule has 620 valence electrons. The monoisotopic (exact) mass is 1620 g/mol. The number of carbonyl (C=O) groups is 11. The molecule has 7 heterocycles. The fourth-order valence-electron chi connectivity index (χ4n) is 16.1. The van der Waals surface area contributed by atoms with Crippen molar-refractivity contribution in [1.29, 1.82) is 0 Å². The molecule has 13 rings (SSSR count). The molecule has 0 radical (unpaired) electrons. The van der Waals surface area contributed by atoms with Gasteiger partial charge in [0.1, 0.15) is 61.8 Å². The number of hydrogen-bond acceptors (Lipinski definition) is 26. The molecule has 6 amide bonds. The van der Waals surface area contributed by atoms with Crippen molar-refractivity contribution in [3.05, 3.63) is 163 Å². The zero-order chi connectivity index (χ0) is 83.5. The molecule has 4 aromatic carbocycles. The van der Waals surface area contributed by atoms with Gasteiger partial charge in [0.25, 0.3) is 5.56 Å². The predicted molar refractivity (Wildman–Crippen MR) is 407 cm³/mol. The minimum atomic E-state index is -2.14. The Morgan fingerprint density at radius 2 is 1.44 bits per heavy atom. The Morgan fingerprint density at radius 1 is 0.769 bits per heavy atom. The van der Waals surface area contributed by atoms with Crippen molar-refractivity contribution in [3.8, 4) is 28.3 Å². The molecular formula is C83H91FN8O25. The number of esters is 5. The van der Waals surface area contributed by atoms with Crippen LogP contribution in [-0.2, 0) is 129 Å². The van der Waals surface area contributed by atoms with Gasteiger partial charge < -0.3 is 98.4 Å². The third-order valence-electron chi connectivity index (χ3n) is 21.5. The van der Waals surface area contributed by atoms with Gasteiger partial charge in [0.15, 0.2) is 23.9 Å². The molecule has 0 spiro atoms. The number of aryl methyl sites for hydroxylation is 1. The number of rotatable bonds is 27. The number of halogens is 1. The van der Waals surface area contributed by atoms with E-state index in [0.717, 1.165) is 43.0 Å². The number of aliphatic hydroxyl groups is 1. The third kappa shape index (κ3) is 17.9. The Labute approximate surface area is 669 Å². The Morgan fingerprint density at radius 3 is 2.12 bits per heavy atom. The lowest BCUT2D eigenvalue weighted by Crippen LogP contribution is -2.64. The molecule has 33 nitrogen and oxygen atoms in total. The summed E-state index contributed by atoms with van der Waals surface area (Å²) in [6, 6.07) is 19.3. The zero-order valence-corrected chi connectivity index (χ0v) is 65.5. The lowest BCUT2D eigenvalue weighted by molar-refractivity contribution is -0.282. The second kappa shape index (κ2) is 34.9. The van der Waals surface area contributed by atoms with Crippen LogP contribution in [0.2, 0.25) is 0 Å². The number of fused-ring (bicyclic) bond motifs is 9. The van der Waals surface area contributed by atoms with Gasteiger partial charge in [-0.05, 0) is 123 Å². The first kappa shape index (κ1) is 83.1. The molecule has 2 aliphatic carbocycles. The van der Waals surface area contributed by atoms with E-state index < -0.39 is 169 Å². The predicted octanol–water partition coefficient (Wildman–Crippen LogP) is 6.44. The summed E-state index contributed by atoms with van der Waals surface area (Å²) in [6.45, 7) is 13.1. The number of carbonyl (C=O) groups excluding carboxylic acids is 11. The minimum absolute atomic E-state index is 0.0468. The molecule has 3 fully saturated rings. The van der Waals surface area contributed by atoms with Crippen LogP contribution in [0.3, 0.4) is 0 Å². The number of aromatic nitrogens is 2. The molecule has 6 aromatic rings. The Hall–Kier alpha value is -11.9. The number of benzene rings is 4. The standard InChI is InChI=1S/C83H91FN8O25/c1-10-29-106-76(100)72-70(112-41(4)93)71(113-42(5)94)73(114-43(6)95)77(116-72)115-62-26-23-44(35-110-79(102)89-56-25-24-46-40(3)55(84)32-58-65(46)66(56)51-34-92-61(67(51)88-58)31-54-53(75(92)99)37-109-78(101)83(54,105)11-2)30-45(62)33-86-63(96)27-28-85-74(98)57(90-80(103)111-36-52-49-19-14-12-17-47(49)48-18-13-15-20-50(48)52)21-16-22-64(97)87-59-38-107-69-60(39-108-68(59)69)91-81(104)117-82(7,8)9/h10,12-15,17-20,23,26,30-32,52,56-57,59-60,68-73,77,105H,1,11,16,21-22,24-25,27-29,33-39H2,2-9H3,(H,85,98)(H,86,96)(H,87,97)(H,89,102)(H,90,103)(H,91,104)/t56-,57-,59-,60-,68+,69+,70-,71-,72-,73+,77+,83-/m0/s1. The number of nitrogens with one attached hydrogen (secondary N) is 6. The van der Waals surface area contributed by atoms with E-state index >= 15 is 4.39 Å². The van der Waals surface area contributed by atoms with Gasteiger partial charge in [-0.3, -0.25) is 33.6 Å². The lowest BCUT2D eigenvalue weighted by Gasteiger charge is -2.43. The van der Waals surface area contributed by atoms with Crippen LogP contribution in [-0.4, -0.2) is 180 Å². The van der Waals surface area contributed by atoms with Crippen molar-refractivity contribution in [2.45, 2.75) is 211 Å². The average Bonchev–Trinajstić information content (AvgIpc) is 1.58. The first-order valence-corrected chi connectivity index (χ1v) is 38.6. The third-order valence-corrected chi connectivity index (χ3v) is 21.5. The SMILES string of the molecule is C=CCOC(=O)[C@H]1O[C@@H](Oc2ccc(COC(=O)N[C@H]3CCc4c(C)c(F)cc5nc6c(c3c45)Cn3c-6cc4c(c3=O)COC(=O)[C@]4(O)CC)cc2CNC(=O)CCNC(=O)[C@H](CCCC(=O)N[C@H]2CO[C@H]3[C@@H]2OC[C@@H]3NC(=O)OC(C)(C)C)NC(=O)OCC2c3ccccc3-c3ccccc32)[C@H](OC(C)=O)[C@@H](OC(C)=O)[C@@H]1OC(C)=O. The summed E-state index contributed by atoms with van der Waals surface area (Å²) in [5, 5.41) is 29.0. The van der Waals surface area contributed by atoms with Gasteiger partial charge in [-0.2, -0.15) is 0 Å². The van der Waals surface area contributed by atoms with Crippen molar-refractivity contribution < 1.29 is 119 Å². The summed E-state index contributed by atoms with van der Waals surface area (Å²) in [5.74, 6) is -7.77. The fraction of sp³-hybridized carbons (Fsp3) is 0.458. The Kier molecular flexibility index (Phi) is 24.8. The number of hydrogen-bond donors (Lipinski definition) is 7. The van der Waals surface area contributed by atoms with E-state index in [2.05, 4.69) is 38.5 Å². The molecule has 117 heavy (non-hydrogen) atoms. The van der Waals surface area contributed by atoms with Crippen LogP contribution in [0, 0.1) is 12.7 Å². The van der Waals surface area contributed by atoms with E-state index in [4.69, 9.17) is 61.8 Å². The highest BCUT2D eigenvalue weighted by Gasteiger charge is 2.57. The normalized spacial score (nSPS) is 22.6. The quantitative estimate of drug-likeness (QED) is 0.0165. The van der Waals surface area contributed by atoms with Gasteiger partial charge in [-0.1, -0.05) is 74.2 Å². The van der Waals surface area contributed by atoms with Crippen LogP contribution < -0.4 is 42.2 Å². The van der Waals surface area contributed by atoms with Crippen LogP contribution in [0.25, 0.3) is 33.4 Å². The summed E-state index contributed by atoms with van der Waals surface area (Å²) in [7, 11) is 0. The van der Waals surface area contributed by atoms with Crippen LogP contribution in [0.4, 0.5) is 18.8 Å². The first-order valence-electron chi connectivity index (χ1n) is 38.6. The second-order valence-electron chi connectivity index (χ2n) is 30.5. The average molecular weight is 1620 g/mol. The van der Waals surface area contributed by atoms with Gasteiger partial charge in [0.2, 0.25) is 30.1 Å². The van der Waals surface area contributed by atoms with Crippen molar-refractivity contribution in [3.63, 3.8) is 0 Å². The smallest absolute Gasteiger partial charge is 0.408 e. The zero-order valence-electron chi connectivity index (χ0n) is 65.5. The van der Waals surface area contributed by atoms with Gasteiger partial charge >= 0.3 is 48.1 Å². The molecule has 7 aliphatic rings. The van der Waals surface area contributed by atoms with E-state index in [9.17, 15) is 62.6 Å². The van der Waals surface area contributed by atoms with Gasteiger partial charge in [0, 0.05) is 80.8 Å². The molecule has 12 atom stereocenters. The number of amides is 6. The molecule has 2 aromatic heterocycles. The van der Waals surface area contributed by atoms with Crippen LogP contribution in [0.15, 0.2) is 96.3 Å². The van der Waals surface area contributed by atoms with Crippen molar-refractivity contribution >= 4 is 76.8 Å². The molecule has 5 aliphatic heterocycles. The highest BCUT2D eigenvalue weighted by molar-refractivity contribution is 5.94. The summed E-state index contributed by atoms with van der Waals surface area (Å²) >= 11 is 0. The van der Waals surface area contributed by atoms with E-state index in [1.54, 1.807) is 34.6 Å². The largest absolute Gasteiger partial charge is 0.460 e. The molecule has 7 N–H and O–H groups in total. The van der Waals surface area contributed by atoms with Crippen LogP contribution in [0.5, 0.6) is 5.75 Å². The molecule has 3 saturated heterocycles. The van der Waals surface area contributed by atoms with E-state index in [0.29, 0.717) is 27.6 Å². The fourth-order valence-corrected chi connectivity index (χ4v) is 16.1. The number of pyridine rings is 2. The van der Waals surface area contributed by atoms with E-state index in [1.807, 2.05) is 48.5 Å². The second-order valence-corrected chi connectivity index (χ2v) is 30.5. The molecule has 0 bridgehead atoms. The molecular weight excluding hydrogens is 1530 g/mol. The lowest BCUT2D eigenvalue weighted by atomic mass is 9.81. The van der Waals surface area contributed by atoms with Gasteiger partial charge in [-0.15, -0.1) is 0 Å². The Bertz CT molecular complexity index is 5000. The van der Waals surface area contributed by atoms with Crippen molar-refractivity contribution in [2.24, 2.45) is 0 Å². The molecule has 34 heteroatoms. The summed E-state index contributed by atoms with van der Waals surface area (Å²) < 4.78 is 86.3. The Balaban J connectivity index is 0.723. The maximum Gasteiger partial charge on any atom is 0.408 e. The molecule has 0 unspecified atom stereocenters. The van der Waals surface area contributed by atoms with Gasteiger partial charge in [-0.25, -0.2) is 33.3 Å². The maximum absolute atomic E-state index is 15.8. The van der Waals surface area contributed by atoms with Crippen LogP contribution >= 0.6 is 0 Å². The topological polar surface area (TPSA) is 426 Å². The number of ether oxygens (including phenoxy) is 12. The molecule has 0 saturated carbocycles. The minimum Gasteiger partial charge on any atom is -0.460 e. The maximum atomic E-state index is 15.8. The first-order chi connectivity index (χ1) is 55.9. The summed E-state index contributed by atoms with van der Waals surface area (Å²) in [4.78, 5) is 167. The highest BCUT2D eigenvalue weighted by Crippen LogP contribution is 2.48. The van der Waals surface area contributed by atoms with E-state index in [1.165, 1.54) is 41.0 Å². The van der Waals surface area contributed by atoms with Crippen molar-refractivity contribution in [2.75, 3.05) is 33.0 Å². The number of cyclic esters (lactones) is 1. The number of nitrogens with zero attached hydrogens (tertiary/aromatic N) is 2. The van der Waals surface area contributed by atoms with Gasteiger partial charge in [0.05, 0.1) is 60.4 Å². The van der Waals surface area contributed by atoms with Crippen LogP contribution in [0.1, 0.15) is 155 Å². The highest BCUT2D eigenvalue weighted by atomic mass is 19.1. The van der Waals surface area contributed by atoms with Crippen molar-refractivity contribution in [1.82, 2.24) is 41.5 Å². The summed E-state index contributed by atoms with van der Waals surface area (Å²) in [5.41, 5.74) is 3.82. The van der Waals surface area contributed by atoms with E-state index in [-0.39, 0.29) is 142 Å². The summed E-state index contributed by atoms with van der Waals surface area (Å²) in [6.07, 6.45) is -11.7.